The van der Waals surface area contributed by atoms with Crippen molar-refractivity contribution in [1.29, 1.82) is 0 Å². The molecular formula is C19H20N2O3. The van der Waals surface area contributed by atoms with Gasteiger partial charge in [0.25, 0.3) is 0 Å². The van der Waals surface area contributed by atoms with Gasteiger partial charge in [0.2, 0.25) is 5.91 Å². The van der Waals surface area contributed by atoms with Crippen molar-refractivity contribution >= 4 is 16.8 Å². The summed E-state index contributed by atoms with van der Waals surface area (Å²) in [5.74, 6) is 0.468. The van der Waals surface area contributed by atoms with E-state index in [-0.39, 0.29) is 11.7 Å². The molecule has 0 radical (unpaired) electrons. The number of rotatable bonds is 6. The van der Waals surface area contributed by atoms with Gasteiger partial charge in [-0.15, -0.1) is 0 Å². The molecule has 3 rings (SSSR count). The number of carbonyl (C=O) groups excluding carboxylic acids is 1. The number of amides is 1. The number of benzene rings is 2. The van der Waals surface area contributed by atoms with Crippen molar-refractivity contribution in [2.24, 2.45) is 0 Å². The van der Waals surface area contributed by atoms with E-state index in [1.165, 1.54) is 12.5 Å². The van der Waals surface area contributed by atoms with Gasteiger partial charge in [-0.3, -0.25) is 4.79 Å². The molecule has 0 saturated carbocycles. The average Bonchev–Trinajstić information content (AvgIpc) is 3.01. The fourth-order valence-electron chi connectivity index (χ4n) is 2.69. The molecule has 5 heteroatoms. The number of hydrogen-bond acceptors (Lipinski definition) is 3. The van der Waals surface area contributed by atoms with Gasteiger partial charge in [-0.05, 0) is 35.2 Å². The second kappa shape index (κ2) is 7.08. The number of methoxy groups -OCH3 is 1. The van der Waals surface area contributed by atoms with E-state index in [1.54, 1.807) is 12.1 Å². The van der Waals surface area contributed by atoms with Crippen molar-refractivity contribution in [1.82, 2.24) is 9.88 Å². The van der Waals surface area contributed by atoms with Gasteiger partial charge in [-0.25, -0.2) is 0 Å². The minimum Gasteiger partial charge on any atom is -0.504 e. The Bertz CT molecular complexity index is 855. The molecule has 0 spiro atoms. The van der Waals surface area contributed by atoms with Crippen molar-refractivity contribution in [2.75, 3.05) is 7.11 Å². The standard InChI is InChI=1S/C19H20N2O3/c1-24-18-7-6-14(12-17(18)22)13-20-19(23)9-11-21-10-8-15-4-2-3-5-16(15)21/h2-8,10,12,22H,9,11,13H2,1H3,(H,20,23). The summed E-state index contributed by atoms with van der Waals surface area (Å²) in [5, 5.41) is 13.8. The van der Waals surface area contributed by atoms with Gasteiger partial charge in [0.15, 0.2) is 11.5 Å². The number of nitrogens with one attached hydrogen (secondary N) is 1. The monoisotopic (exact) mass is 324 g/mol. The number of nitrogens with zero attached hydrogens (tertiary/aromatic N) is 1. The van der Waals surface area contributed by atoms with E-state index in [2.05, 4.69) is 16.0 Å². The van der Waals surface area contributed by atoms with Gasteiger partial charge in [-0.2, -0.15) is 0 Å². The molecule has 1 aromatic heterocycles. The van der Waals surface area contributed by atoms with Gasteiger partial charge >= 0.3 is 0 Å². The number of fused-ring (bicyclic) bond motifs is 1. The summed E-state index contributed by atoms with van der Waals surface area (Å²) in [6, 6.07) is 15.3. The summed E-state index contributed by atoms with van der Waals surface area (Å²) in [5.41, 5.74) is 1.96. The molecule has 124 valence electrons. The van der Waals surface area contributed by atoms with Crippen LogP contribution in [-0.2, 0) is 17.9 Å². The zero-order valence-electron chi connectivity index (χ0n) is 13.5. The topological polar surface area (TPSA) is 63.5 Å². The van der Waals surface area contributed by atoms with E-state index in [1.807, 2.05) is 36.5 Å². The molecule has 24 heavy (non-hydrogen) atoms. The lowest BCUT2D eigenvalue weighted by molar-refractivity contribution is -0.121. The lowest BCUT2D eigenvalue weighted by atomic mass is 10.2. The van der Waals surface area contributed by atoms with E-state index in [0.717, 1.165) is 11.1 Å². The van der Waals surface area contributed by atoms with Crippen LogP contribution in [0.5, 0.6) is 11.5 Å². The Balaban J connectivity index is 1.53. The van der Waals surface area contributed by atoms with Gasteiger partial charge in [0.05, 0.1) is 7.11 Å². The number of phenols is 1. The second-order valence-corrected chi connectivity index (χ2v) is 5.60. The first-order valence-corrected chi connectivity index (χ1v) is 7.84. The van der Waals surface area contributed by atoms with Crippen LogP contribution in [-0.4, -0.2) is 22.7 Å². The van der Waals surface area contributed by atoms with E-state index in [4.69, 9.17) is 4.74 Å². The van der Waals surface area contributed by atoms with Crippen molar-refractivity contribution in [2.45, 2.75) is 19.5 Å². The van der Waals surface area contributed by atoms with Crippen LogP contribution >= 0.6 is 0 Å². The molecule has 3 aromatic rings. The Morgan fingerprint density at radius 3 is 2.83 bits per heavy atom. The number of aryl methyl sites for hydroxylation is 1. The predicted octanol–water partition coefficient (Wildman–Crippen LogP) is 3.06. The minimum atomic E-state index is -0.0249. The summed E-state index contributed by atoms with van der Waals surface area (Å²) in [4.78, 5) is 12.0. The van der Waals surface area contributed by atoms with Crippen molar-refractivity contribution < 1.29 is 14.6 Å². The third-order valence-corrected chi connectivity index (χ3v) is 3.99. The van der Waals surface area contributed by atoms with E-state index >= 15 is 0 Å². The summed E-state index contributed by atoms with van der Waals surface area (Å²) in [6.07, 6.45) is 2.40. The van der Waals surface area contributed by atoms with Crippen LogP contribution in [0.3, 0.4) is 0 Å². The SMILES string of the molecule is COc1ccc(CNC(=O)CCn2ccc3ccccc32)cc1O. The van der Waals surface area contributed by atoms with Crippen molar-refractivity contribution in [3.63, 3.8) is 0 Å². The number of aromatic nitrogens is 1. The Kier molecular flexibility index (Phi) is 4.70. The number of ether oxygens (including phenoxy) is 1. The van der Waals surface area contributed by atoms with E-state index in [9.17, 15) is 9.90 Å². The normalized spacial score (nSPS) is 10.7. The maximum Gasteiger partial charge on any atom is 0.222 e. The fraction of sp³-hybridized carbons (Fsp3) is 0.211. The maximum absolute atomic E-state index is 12.0. The zero-order valence-corrected chi connectivity index (χ0v) is 13.5. The first-order chi connectivity index (χ1) is 11.7. The van der Waals surface area contributed by atoms with E-state index in [0.29, 0.717) is 25.3 Å². The summed E-state index contributed by atoms with van der Waals surface area (Å²) in [7, 11) is 1.50. The van der Waals surface area contributed by atoms with Gasteiger partial charge in [-0.1, -0.05) is 24.3 Å². The zero-order chi connectivity index (χ0) is 16.9. The summed E-state index contributed by atoms with van der Waals surface area (Å²) in [6.45, 7) is 1.01. The highest BCUT2D eigenvalue weighted by Gasteiger charge is 2.06. The molecule has 0 aliphatic carbocycles. The maximum atomic E-state index is 12.0. The highest BCUT2D eigenvalue weighted by molar-refractivity contribution is 5.80. The predicted molar refractivity (Wildman–Crippen MR) is 93.1 cm³/mol. The Morgan fingerprint density at radius 1 is 1.21 bits per heavy atom. The highest BCUT2D eigenvalue weighted by atomic mass is 16.5. The van der Waals surface area contributed by atoms with Gasteiger partial charge in [0.1, 0.15) is 0 Å². The Hall–Kier alpha value is -2.95. The molecule has 0 aliphatic heterocycles. The van der Waals surface area contributed by atoms with Crippen LogP contribution in [0, 0.1) is 0 Å². The lowest BCUT2D eigenvalue weighted by Gasteiger charge is -2.09. The molecular weight excluding hydrogens is 304 g/mol. The first kappa shape index (κ1) is 15.9. The van der Waals surface area contributed by atoms with Crippen LogP contribution < -0.4 is 10.1 Å². The molecule has 2 aromatic carbocycles. The number of aromatic hydroxyl groups is 1. The molecule has 1 amide bonds. The highest BCUT2D eigenvalue weighted by Crippen LogP contribution is 2.26. The van der Waals surface area contributed by atoms with Gasteiger partial charge < -0.3 is 19.7 Å². The molecule has 0 unspecified atom stereocenters. The van der Waals surface area contributed by atoms with Crippen molar-refractivity contribution in [3.05, 3.63) is 60.3 Å². The molecule has 5 nitrogen and oxygen atoms in total. The average molecular weight is 324 g/mol. The molecule has 0 bridgehead atoms. The first-order valence-electron chi connectivity index (χ1n) is 7.84. The van der Waals surface area contributed by atoms with Crippen LogP contribution in [0.25, 0.3) is 10.9 Å². The molecule has 0 fully saturated rings. The molecule has 0 atom stereocenters. The number of carbonyl (C=O) groups is 1. The third kappa shape index (κ3) is 3.51. The molecule has 2 N–H and O–H groups in total. The molecule has 0 aliphatic rings. The van der Waals surface area contributed by atoms with Gasteiger partial charge in [0, 0.05) is 31.2 Å². The van der Waals surface area contributed by atoms with Crippen LogP contribution in [0.1, 0.15) is 12.0 Å². The third-order valence-electron chi connectivity index (χ3n) is 3.99. The lowest BCUT2D eigenvalue weighted by Crippen LogP contribution is -2.23. The van der Waals surface area contributed by atoms with Crippen molar-refractivity contribution in [3.8, 4) is 11.5 Å². The largest absolute Gasteiger partial charge is 0.504 e. The fourth-order valence-corrected chi connectivity index (χ4v) is 2.69. The minimum absolute atomic E-state index is 0.0249. The number of hydrogen-bond donors (Lipinski definition) is 2. The quantitative estimate of drug-likeness (QED) is 0.732. The summed E-state index contributed by atoms with van der Waals surface area (Å²) >= 11 is 0. The van der Waals surface area contributed by atoms with E-state index < -0.39 is 0 Å². The number of phenolic OH excluding ortho intramolecular Hbond substituents is 1. The van der Waals surface area contributed by atoms with Crippen LogP contribution in [0.15, 0.2) is 54.7 Å². The molecule has 1 heterocycles. The molecule has 0 saturated heterocycles. The Morgan fingerprint density at radius 2 is 2.04 bits per heavy atom. The smallest absolute Gasteiger partial charge is 0.222 e. The van der Waals surface area contributed by atoms with Crippen LogP contribution in [0.2, 0.25) is 0 Å². The summed E-state index contributed by atoms with van der Waals surface area (Å²) < 4.78 is 7.08. The Labute approximate surface area is 140 Å². The second-order valence-electron chi connectivity index (χ2n) is 5.60. The number of para-hydroxylation sites is 1. The van der Waals surface area contributed by atoms with Crippen LogP contribution in [0.4, 0.5) is 0 Å².